The Morgan fingerprint density at radius 1 is 1.21 bits per heavy atom. The van der Waals surface area contributed by atoms with Gasteiger partial charge in [-0.15, -0.1) is 0 Å². The minimum atomic E-state index is -0.546. The van der Waals surface area contributed by atoms with Crippen molar-refractivity contribution in [3.63, 3.8) is 0 Å². The van der Waals surface area contributed by atoms with Crippen LogP contribution in [0, 0.1) is 5.82 Å². The number of hydrogen-bond acceptors (Lipinski definition) is 1. The van der Waals surface area contributed by atoms with Gasteiger partial charge in [-0.2, -0.15) is 0 Å². The predicted octanol–water partition coefficient (Wildman–Crippen LogP) is 4.66. The summed E-state index contributed by atoms with van der Waals surface area (Å²) in [6.45, 7) is 2.07. The van der Waals surface area contributed by atoms with Gasteiger partial charge in [-0.25, -0.2) is 4.39 Å². The Morgan fingerprint density at radius 3 is 2.74 bits per heavy atom. The zero-order valence-electron chi connectivity index (χ0n) is 10.6. The molecular weight excluding hydrogens is 263 g/mol. The summed E-state index contributed by atoms with van der Waals surface area (Å²) in [6.07, 6.45) is 1.91. The van der Waals surface area contributed by atoms with Crippen LogP contribution in [-0.4, -0.2) is 5.78 Å². The summed E-state index contributed by atoms with van der Waals surface area (Å²) in [5.74, 6) is -0.881. The van der Waals surface area contributed by atoms with Crippen molar-refractivity contribution < 1.29 is 9.18 Å². The Labute approximate surface area is 117 Å². The number of aryl methyl sites for hydroxylation is 1. The number of halogens is 2. The van der Waals surface area contributed by atoms with Crippen molar-refractivity contribution in [2.75, 3.05) is 0 Å². The smallest absolute Gasteiger partial charge is 0.196 e. The molecule has 0 atom stereocenters. The van der Waals surface area contributed by atoms with E-state index < -0.39 is 5.82 Å². The molecule has 0 aliphatic heterocycles. The van der Waals surface area contributed by atoms with Crippen LogP contribution in [0.25, 0.3) is 0 Å². The number of carbonyl (C=O) groups excluding carboxylic acids is 1. The number of ketones is 1. The molecule has 0 aromatic heterocycles. The predicted molar refractivity (Wildman–Crippen MR) is 75.3 cm³/mol. The number of hydrogen-bond donors (Lipinski definition) is 0. The first-order valence-electron chi connectivity index (χ1n) is 6.20. The zero-order chi connectivity index (χ0) is 13.8. The van der Waals surface area contributed by atoms with Crippen molar-refractivity contribution in [2.24, 2.45) is 0 Å². The van der Waals surface area contributed by atoms with Gasteiger partial charge in [-0.1, -0.05) is 43.1 Å². The Morgan fingerprint density at radius 2 is 2.00 bits per heavy atom. The van der Waals surface area contributed by atoms with E-state index in [1.807, 2.05) is 18.2 Å². The largest absolute Gasteiger partial charge is 0.288 e. The Bertz CT molecular complexity index is 607. The van der Waals surface area contributed by atoms with Gasteiger partial charge >= 0.3 is 0 Å². The first kappa shape index (κ1) is 13.8. The molecule has 0 unspecified atom stereocenters. The third-order valence-electron chi connectivity index (χ3n) is 2.90. The highest BCUT2D eigenvalue weighted by Crippen LogP contribution is 2.19. The van der Waals surface area contributed by atoms with Gasteiger partial charge in [0.25, 0.3) is 0 Å². The highest BCUT2D eigenvalue weighted by molar-refractivity contribution is 6.31. The molecule has 3 heteroatoms. The summed E-state index contributed by atoms with van der Waals surface area (Å²) in [6, 6.07) is 11.3. The van der Waals surface area contributed by atoms with Crippen LogP contribution in [0.2, 0.25) is 5.02 Å². The van der Waals surface area contributed by atoms with Gasteiger partial charge in [0.2, 0.25) is 0 Å². The molecule has 0 amide bonds. The quantitative estimate of drug-likeness (QED) is 0.742. The second-order valence-electron chi connectivity index (χ2n) is 4.40. The normalized spacial score (nSPS) is 10.5. The van der Waals surface area contributed by atoms with Crippen molar-refractivity contribution >= 4 is 17.4 Å². The summed E-state index contributed by atoms with van der Waals surface area (Å²) in [4.78, 5) is 12.3. The molecule has 2 aromatic rings. The summed E-state index contributed by atoms with van der Waals surface area (Å²) in [7, 11) is 0. The van der Waals surface area contributed by atoms with E-state index in [-0.39, 0.29) is 11.3 Å². The number of carbonyl (C=O) groups is 1. The molecular formula is C16H14ClFO. The van der Waals surface area contributed by atoms with E-state index in [0.29, 0.717) is 10.6 Å². The van der Waals surface area contributed by atoms with Crippen LogP contribution in [0.15, 0.2) is 42.5 Å². The van der Waals surface area contributed by atoms with E-state index in [9.17, 15) is 9.18 Å². The van der Waals surface area contributed by atoms with Gasteiger partial charge in [-0.05, 0) is 36.2 Å². The minimum absolute atomic E-state index is 0.0150. The average Bonchev–Trinajstić information content (AvgIpc) is 2.41. The van der Waals surface area contributed by atoms with Gasteiger partial charge in [0.1, 0.15) is 5.82 Å². The summed E-state index contributed by atoms with van der Waals surface area (Å²) < 4.78 is 13.7. The van der Waals surface area contributed by atoms with Crippen molar-refractivity contribution in [3.8, 4) is 0 Å². The van der Waals surface area contributed by atoms with Crippen molar-refractivity contribution in [3.05, 3.63) is 70.0 Å². The van der Waals surface area contributed by atoms with Crippen molar-refractivity contribution in [2.45, 2.75) is 19.8 Å². The highest BCUT2D eigenvalue weighted by atomic mass is 35.5. The number of rotatable bonds is 4. The van der Waals surface area contributed by atoms with Crippen molar-refractivity contribution in [1.82, 2.24) is 0 Å². The molecule has 0 saturated heterocycles. The van der Waals surface area contributed by atoms with Crippen molar-refractivity contribution in [1.29, 1.82) is 0 Å². The summed E-state index contributed by atoms with van der Waals surface area (Å²) >= 11 is 5.81. The minimum Gasteiger partial charge on any atom is -0.288 e. The fourth-order valence-electron chi connectivity index (χ4n) is 1.98. The van der Waals surface area contributed by atoms with Gasteiger partial charge in [0.15, 0.2) is 5.78 Å². The third kappa shape index (κ3) is 3.21. The first-order valence-corrected chi connectivity index (χ1v) is 6.58. The molecule has 0 N–H and O–H groups in total. The molecule has 98 valence electrons. The van der Waals surface area contributed by atoms with E-state index in [2.05, 4.69) is 6.92 Å². The molecule has 0 bridgehead atoms. The van der Waals surface area contributed by atoms with Crippen LogP contribution in [0.4, 0.5) is 4.39 Å². The Hall–Kier alpha value is -1.67. The maximum atomic E-state index is 13.7. The fourth-order valence-corrected chi connectivity index (χ4v) is 2.16. The maximum absolute atomic E-state index is 13.7. The van der Waals surface area contributed by atoms with Crippen LogP contribution < -0.4 is 0 Å². The van der Waals surface area contributed by atoms with Crippen LogP contribution in [0.3, 0.4) is 0 Å². The van der Waals surface area contributed by atoms with E-state index in [0.717, 1.165) is 18.4 Å². The van der Waals surface area contributed by atoms with Gasteiger partial charge < -0.3 is 0 Å². The lowest BCUT2D eigenvalue weighted by Crippen LogP contribution is -2.05. The molecule has 2 aromatic carbocycles. The van der Waals surface area contributed by atoms with E-state index in [4.69, 9.17) is 11.6 Å². The van der Waals surface area contributed by atoms with Crippen LogP contribution in [0.5, 0.6) is 0 Å². The molecule has 2 rings (SSSR count). The van der Waals surface area contributed by atoms with Crippen LogP contribution in [-0.2, 0) is 6.42 Å². The Balaban J connectivity index is 2.38. The van der Waals surface area contributed by atoms with Gasteiger partial charge in [-0.3, -0.25) is 4.79 Å². The van der Waals surface area contributed by atoms with Crippen LogP contribution >= 0.6 is 11.6 Å². The molecule has 0 spiro atoms. The molecule has 19 heavy (non-hydrogen) atoms. The maximum Gasteiger partial charge on any atom is 0.196 e. The first-order chi connectivity index (χ1) is 9.11. The van der Waals surface area contributed by atoms with Crippen LogP contribution in [0.1, 0.15) is 34.8 Å². The van der Waals surface area contributed by atoms with Gasteiger partial charge in [0.05, 0.1) is 5.56 Å². The standard InChI is InChI=1S/C16H14ClFO/c1-2-4-11-5-3-6-12(9-11)16(19)14-10-13(17)7-8-15(14)18/h3,5-10H,2,4H2,1H3. The fraction of sp³-hybridized carbons (Fsp3) is 0.188. The lowest BCUT2D eigenvalue weighted by atomic mass is 9.99. The van der Waals surface area contributed by atoms with E-state index in [1.54, 1.807) is 6.07 Å². The lowest BCUT2D eigenvalue weighted by Gasteiger charge is -2.05. The zero-order valence-corrected chi connectivity index (χ0v) is 11.4. The molecule has 0 fully saturated rings. The molecule has 0 aliphatic carbocycles. The number of benzene rings is 2. The van der Waals surface area contributed by atoms with E-state index in [1.165, 1.54) is 18.2 Å². The third-order valence-corrected chi connectivity index (χ3v) is 3.14. The summed E-state index contributed by atoms with van der Waals surface area (Å²) in [5.41, 5.74) is 1.59. The topological polar surface area (TPSA) is 17.1 Å². The van der Waals surface area contributed by atoms with Gasteiger partial charge in [0, 0.05) is 10.6 Å². The molecule has 0 aliphatic rings. The lowest BCUT2D eigenvalue weighted by molar-refractivity contribution is 0.103. The molecule has 0 heterocycles. The second-order valence-corrected chi connectivity index (χ2v) is 4.84. The average molecular weight is 277 g/mol. The van der Waals surface area contributed by atoms with E-state index >= 15 is 0 Å². The molecule has 0 saturated carbocycles. The highest BCUT2D eigenvalue weighted by Gasteiger charge is 2.14. The Kier molecular flexibility index (Phi) is 4.33. The second kappa shape index (κ2) is 5.98. The summed E-state index contributed by atoms with van der Waals surface area (Å²) in [5, 5.41) is 0.356. The molecule has 1 nitrogen and oxygen atoms in total. The molecule has 0 radical (unpaired) electrons. The monoisotopic (exact) mass is 276 g/mol. The SMILES string of the molecule is CCCc1cccc(C(=O)c2cc(Cl)ccc2F)c1.